The van der Waals surface area contributed by atoms with Crippen LogP contribution in [0.1, 0.15) is 33.3 Å². The van der Waals surface area contributed by atoms with Gasteiger partial charge in [-0.15, -0.1) is 11.3 Å². The second-order valence-electron chi connectivity index (χ2n) is 5.70. The summed E-state index contributed by atoms with van der Waals surface area (Å²) >= 11 is 7.70. The Kier molecular flexibility index (Phi) is 4.69. The van der Waals surface area contributed by atoms with E-state index >= 15 is 0 Å². The Hall–Kier alpha value is -2.17. The molecular weight excluding hydrogens is 340 g/mol. The highest BCUT2D eigenvalue weighted by molar-refractivity contribution is 7.21. The van der Waals surface area contributed by atoms with Crippen LogP contribution >= 0.6 is 22.9 Å². The number of rotatable bonds is 3. The molecule has 1 heterocycles. The van der Waals surface area contributed by atoms with Crippen LogP contribution in [0.15, 0.2) is 47.6 Å². The number of nitrogens with one attached hydrogen (secondary N) is 1. The zero-order chi connectivity index (χ0) is 17.3. The fourth-order valence-corrected chi connectivity index (χ4v) is 4.03. The lowest BCUT2D eigenvalue weighted by atomic mass is 10.0. The quantitative estimate of drug-likeness (QED) is 0.500. The predicted octanol–water partition coefficient (Wildman–Crippen LogP) is 5.33. The third-order valence-corrected chi connectivity index (χ3v) is 5.51. The number of carbonyl (C=O) groups is 1. The minimum atomic E-state index is -0.287. The number of carbonyl (C=O) groups excluding carboxylic acids is 1. The van der Waals surface area contributed by atoms with E-state index in [1.54, 1.807) is 0 Å². The minimum Gasteiger partial charge on any atom is -0.266 e. The summed E-state index contributed by atoms with van der Waals surface area (Å²) < 4.78 is 0.989. The largest absolute Gasteiger partial charge is 0.283 e. The Bertz CT molecular complexity index is 959. The molecule has 0 aliphatic rings. The van der Waals surface area contributed by atoms with Gasteiger partial charge in [0.25, 0.3) is 5.91 Å². The molecule has 5 heteroatoms. The van der Waals surface area contributed by atoms with Crippen LogP contribution in [-0.4, -0.2) is 11.6 Å². The van der Waals surface area contributed by atoms with Crippen LogP contribution in [0.25, 0.3) is 10.1 Å². The van der Waals surface area contributed by atoms with Crippen LogP contribution in [0.3, 0.4) is 0 Å². The maximum atomic E-state index is 12.4. The average Bonchev–Trinajstić information content (AvgIpc) is 2.90. The number of nitrogens with zero attached hydrogens (tertiary/aromatic N) is 1. The zero-order valence-electron chi connectivity index (χ0n) is 13.7. The highest BCUT2D eigenvalue weighted by atomic mass is 35.5. The van der Waals surface area contributed by atoms with Crippen LogP contribution in [0, 0.1) is 13.8 Å². The minimum absolute atomic E-state index is 0.287. The maximum Gasteiger partial charge on any atom is 0.283 e. The molecule has 1 aromatic heterocycles. The molecule has 122 valence electrons. The van der Waals surface area contributed by atoms with Crippen LogP contribution in [0.5, 0.6) is 0 Å². The molecule has 3 rings (SSSR count). The predicted molar refractivity (Wildman–Crippen MR) is 102 cm³/mol. The summed E-state index contributed by atoms with van der Waals surface area (Å²) in [6, 6.07) is 13.8. The number of benzene rings is 2. The molecular formula is C19H17ClN2OS. The number of fused-ring (bicyclic) bond motifs is 1. The summed E-state index contributed by atoms with van der Waals surface area (Å²) in [5, 5.41) is 5.61. The highest BCUT2D eigenvalue weighted by Gasteiger charge is 2.16. The normalized spacial score (nSPS) is 11.8. The molecule has 3 nitrogen and oxygen atoms in total. The van der Waals surface area contributed by atoms with Crippen LogP contribution in [0.4, 0.5) is 0 Å². The monoisotopic (exact) mass is 356 g/mol. The first kappa shape index (κ1) is 16.7. The number of amides is 1. The van der Waals surface area contributed by atoms with E-state index in [1.807, 2.05) is 50.2 Å². The van der Waals surface area contributed by atoms with Gasteiger partial charge in [0.1, 0.15) is 4.88 Å². The fourth-order valence-electron chi connectivity index (χ4n) is 2.63. The van der Waals surface area contributed by atoms with Gasteiger partial charge in [-0.1, -0.05) is 53.6 Å². The molecule has 1 N–H and O–H groups in total. The van der Waals surface area contributed by atoms with E-state index in [1.165, 1.54) is 16.9 Å². The van der Waals surface area contributed by atoms with E-state index in [0.717, 1.165) is 26.9 Å². The SMILES string of the molecule is C/C(=N/NC(=O)c1sc2ccccc2c1Cl)c1ccc(C)cc1C. The topological polar surface area (TPSA) is 41.5 Å². The molecule has 0 bridgehead atoms. The van der Waals surface area contributed by atoms with Gasteiger partial charge >= 0.3 is 0 Å². The molecule has 0 fully saturated rings. The molecule has 24 heavy (non-hydrogen) atoms. The van der Waals surface area contributed by atoms with Crippen molar-refractivity contribution < 1.29 is 4.79 Å². The zero-order valence-corrected chi connectivity index (χ0v) is 15.3. The number of aryl methyl sites for hydroxylation is 2. The molecule has 0 radical (unpaired) electrons. The van der Waals surface area contributed by atoms with Crippen molar-refractivity contribution in [1.29, 1.82) is 0 Å². The summed E-state index contributed by atoms with van der Waals surface area (Å²) in [6.45, 7) is 5.96. The molecule has 3 aromatic rings. The van der Waals surface area contributed by atoms with Gasteiger partial charge in [-0.25, -0.2) is 5.43 Å². The van der Waals surface area contributed by atoms with Gasteiger partial charge < -0.3 is 0 Å². The first-order valence-electron chi connectivity index (χ1n) is 7.56. The molecule has 0 aliphatic carbocycles. The Balaban J connectivity index is 1.84. The number of hydrazone groups is 1. The van der Waals surface area contributed by atoms with Crippen molar-refractivity contribution >= 4 is 44.6 Å². The Morgan fingerprint density at radius 3 is 2.62 bits per heavy atom. The van der Waals surface area contributed by atoms with E-state index in [4.69, 9.17) is 11.6 Å². The smallest absolute Gasteiger partial charge is 0.266 e. The summed E-state index contributed by atoms with van der Waals surface area (Å²) in [4.78, 5) is 12.9. The Morgan fingerprint density at radius 1 is 1.17 bits per heavy atom. The van der Waals surface area contributed by atoms with Gasteiger partial charge in [0.15, 0.2) is 0 Å². The number of thiophene rings is 1. The van der Waals surface area contributed by atoms with E-state index in [9.17, 15) is 4.79 Å². The molecule has 0 aliphatic heterocycles. The average molecular weight is 357 g/mol. The lowest BCUT2D eigenvalue weighted by Gasteiger charge is -2.06. The van der Waals surface area contributed by atoms with Crippen molar-refractivity contribution in [3.63, 3.8) is 0 Å². The third-order valence-electron chi connectivity index (χ3n) is 3.84. The van der Waals surface area contributed by atoms with Gasteiger partial charge in [-0.3, -0.25) is 4.79 Å². The summed E-state index contributed by atoms with van der Waals surface area (Å²) in [7, 11) is 0. The van der Waals surface area contributed by atoms with Crippen LogP contribution in [0.2, 0.25) is 5.02 Å². The van der Waals surface area contributed by atoms with Crippen LogP contribution < -0.4 is 5.43 Å². The molecule has 0 saturated carbocycles. The van der Waals surface area contributed by atoms with E-state index in [2.05, 4.69) is 23.5 Å². The first-order chi connectivity index (χ1) is 11.5. The molecule has 1 amide bonds. The van der Waals surface area contributed by atoms with Gasteiger partial charge in [0.05, 0.1) is 10.7 Å². The molecule has 2 aromatic carbocycles. The number of hydrogen-bond donors (Lipinski definition) is 1. The van der Waals surface area contributed by atoms with Crippen molar-refractivity contribution in [2.24, 2.45) is 5.10 Å². The number of halogens is 1. The van der Waals surface area contributed by atoms with E-state index in [0.29, 0.717) is 9.90 Å². The summed E-state index contributed by atoms with van der Waals surface area (Å²) in [5.74, 6) is -0.287. The summed E-state index contributed by atoms with van der Waals surface area (Å²) in [6.07, 6.45) is 0. The first-order valence-corrected chi connectivity index (χ1v) is 8.76. The molecule has 0 unspecified atom stereocenters. The van der Waals surface area contributed by atoms with Gasteiger partial charge in [-0.05, 0) is 32.4 Å². The van der Waals surface area contributed by atoms with Crippen molar-refractivity contribution in [3.05, 3.63) is 69.1 Å². The maximum absolute atomic E-state index is 12.4. The molecule has 0 saturated heterocycles. The summed E-state index contributed by atoms with van der Waals surface area (Å²) in [5.41, 5.74) is 6.72. The standard InChI is InChI=1S/C19H17ClN2OS/c1-11-8-9-14(12(2)10-11)13(3)21-22-19(23)18-17(20)15-6-4-5-7-16(15)24-18/h4-10H,1-3H3,(H,22,23)/b21-13-. The Labute approximate surface area is 150 Å². The lowest BCUT2D eigenvalue weighted by Crippen LogP contribution is -2.18. The van der Waals surface area contributed by atoms with Crippen LogP contribution in [-0.2, 0) is 0 Å². The van der Waals surface area contributed by atoms with E-state index in [-0.39, 0.29) is 5.91 Å². The fraction of sp³-hybridized carbons (Fsp3) is 0.158. The lowest BCUT2D eigenvalue weighted by molar-refractivity contribution is 0.0959. The van der Waals surface area contributed by atoms with Gasteiger partial charge in [0.2, 0.25) is 0 Å². The van der Waals surface area contributed by atoms with Gasteiger partial charge in [0, 0.05) is 15.6 Å². The van der Waals surface area contributed by atoms with Crippen molar-refractivity contribution in [1.82, 2.24) is 5.43 Å². The second kappa shape index (κ2) is 6.75. The second-order valence-corrected chi connectivity index (χ2v) is 7.13. The molecule has 0 spiro atoms. The van der Waals surface area contributed by atoms with E-state index < -0.39 is 0 Å². The van der Waals surface area contributed by atoms with Gasteiger partial charge in [-0.2, -0.15) is 5.10 Å². The van der Waals surface area contributed by atoms with Crippen molar-refractivity contribution in [3.8, 4) is 0 Å². The number of hydrogen-bond acceptors (Lipinski definition) is 3. The van der Waals surface area contributed by atoms with Crippen molar-refractivity contribution in [2.45, 2.75) is 20.8 Å². The molecule has 0 atom stereocenters. The third kappa shape index (κ3) is 3.21. The van der Waals surface area contributed by atoms with Crippen molar-refractivity contribution in [2.75, 3.05) is 0 Å². The highest BCUT2D eigenvalue weighted by Crippen LogP contribution is 2.34. The Morgan fingerprint density at radius 2 is 1.92 bits per heavy atom.